The number of hydrogen-bond donors (Lipinski definition) is 2. The average molecular weight is 324 g/mol. The summed E-state index contributed by atoms with van der Waals surface area (Å²) < 4.78 is 0. The van der Waals surface area contributed by atoms with Crippen molar-refractivity contribution in [1.29, 1.82) is 0 Å². The number of aromatic amines is 1. The van der Waals surface area contributed by atoms with Gasteiger partial charge in [0.1, 0.15) is 5.69 Å². The minimum absolute atomic E-state index is 0.0196. The van der Waals surface area contributed by atoms with Crippen LogP contribution in [0.2, 0.25) is 0 Å². The first-order valence-electron chi connectivity index (χ1n) is 8.71. The summed E-state index contributed by atoms with van der Waals surface area (Å²) in [7, 11) is 0. The van der Waals surface area contributed by atoms with Gasteiger partial charge in [-0.25, -0.2) is 0 Å². The molecule has 1 aromatic heterocycles. The highest BCUT2D eigenvalue weighted by atomic mass is 16.2. The Bertz CT molecular complexity index is 761. The highest BCUT2D eigenvalue weighted by Crippen LogP contribution is 2.26. The molecule has 1 aromatic carbocycles. The summed E-state index contributed by atoms with van der Waals surface area (Å²) in [5, 5.41) is 3.08. The van der Waals surface area contributed by atoms with E-state index in [4.69, 9.17) is 0 Å². The number of aromatic nitrogens is 1. The fourth-order valence-corrected chi connectivity index (χ4v) is 3.36. The molecule has 3 rings (SSSR count). The summed E-state index contributed by atoms with van der Waals surface area (Å²) in [5.74, 6) is -0.247. The number of nitrogens with one attached hydrogen (secondary N) is 2. The molecule has 1 atom stereocenters. The summed E-state index contributed by atoms with van der Waals surface area (Å²) in [4.78, 5) is 26.7. The third kappa shape index (κ3) is 3.42. The number of H-pyrrole nitrogens is 1. The number of Topliss-reactive ketones (excluding diaryl/α,β-unsaturated/α-hetero) is 1. The Morgan fingerprint density at radius 3 is 2.46 bits per heavy atom. The van der Waals surface area contributed by atoms with E-state index in [9.17, 15) is 9.59 Å². The van der Waals surface area contributed by atoms with Crippen molar-refractivity contribution >= 4 is 11.7 Å². The van der Waals surface area contributed by atoms with Crippen molar-refractivity contribution in [3.63, 3.8) is 0 Å². The van der Waals surface area contributed by atoms with Crippen LogP contribution in [0.5, 0.6) is 0 Å². The maximum absolute atomic E-state index is 12.5. The molecule has 0 saturated carbocycles. The predicted octanol–water partition coefficient (Wildman–Crippen LogP) is 3.98. The number of hydrogen-bond acceptors (Lipinski definition) is 2. The predicted molar refractivity (Wildman–Crippen MR) is 94.4 cm³/mol. The van der Waals surface area contributed by atoms with Crippen LogP contribution in [-0.2, 0) is 12.8 Å². The standard InChI is InChI=1S/C20H24N2O2/c1-3-17(16-9-8-14-6-4-5-7-15(14)12-16)22-20(24)19-11-10-18(21-19)13(2)23/h8-12,17,21H,3-7H2,1-2H3,(H,22,24). The van der Waals surface area contributed by atoms with Crippen molar-refractivity contribution in [2.45, 2.75) is 52.0 Å². The van der Waals surface area contributed by atoms with Crippen LogP contribution >= 0.6 is 0 Å². The lowest BCUT2D eigenvalue weighted by Gasteiger charge is -2.21. The molecule has 1 aliphatic rings. The number of fused-ring (bicyclic) bond motifs is 1. The van der Waals surface area contributed by atoms with E-state index in [0.717, 1.165) is 24.8 Å². The zero-order valence-electron chi connectivity index (χ0n) is 14.3. The van der Waals surface area contributed by atoms with Crippen LogP contribution in [0.15, 0.2) is 30.3 Å². The van der Waals surface area contributed by atoms with Crippen molar-refractivity contribution in [2.75, 3.05) is 0 Å². The summed E-state index contributed by atoms with van der Waals surface area (Å²) >= 11 is 0. The van der Waals surface area contributed by atoms with Crippen LogP contribution in [0.25, 0.3) is 0 Å². The Kier molecular flexibility index (Phi) is 4.84. The van der Waals surface area contributed by atoms with Gasteiger partial charge in [-0.3, -0.25) is 9.59 Å². The first-order valence-corrected chi connectivity index (χ1v) is 8.71. The Balaban J connectivity index is 1.76. The molecular weight excluding hydrogens is 300 g/mol. The van der Waals surface area contributed by atoms with Gasteiger partial charge in [-0.2, -0.15) is 0 Å². The second-order valence-electron chi connectivity index (χ2n) is 6.51. The number of benzene rings is 1. The van der Waals surface area contributed by atoms with E-state index in [1.165, 1.54) is 30.9 Å². The number of carbonyl (C=O) groups excluding carboxylic acids is 2. The normalized spacial score (nSPS) is 14.8. The molecule has 1 heterocycles. The number of rotatable bonds is 5. The fraction of sp³-hybridized carbons (Fsp3) is 0.400. The molecule has 0 radical (unpaired) electrons. The number of aryl methyl sites for hydroxylation is 2. The van der Waals surface area contributed by atoms with E-state index in [-0.39, 0.29) is 17.7 Å². The maximum Gasteiger partial charge on any atom is 0.268 e. The van der Waals surface area contributed by atoms with Crippen LogP contribution in [0, 0.1) is 0 Å². The van der Waals surface area contributed by atoms with Crippen molar-refractivity contribution in [2.24, 2.45) is 0 Å². The highest BCUT2D eigenvalue weighted by Gasteiger charge is 2.18. The second-order valence-corrected chi connectivity index (χ2v) is 6.51. The van der Waals surface area contributed by atoms with Crippen molar-refractivity contribution in [1.82, 2.24) is 10.3 Å². The summed E-state index contributed by atoms with van der Waals surface area (Å²) in [5.41, 5.74) is 4.91. The van der Waals surface area contributed by atoms with Gasteiger partial charge in [-0.1, -0.05) is 25.1 Å². The van der Waals surface area contributed by atoms with Crippen LogP contribution in [0.1, 0.15) is 76.8 Å². The SMILES string of the molecule is CCC(NC(=O)c1ccc(C(C)=O)[nH]1)c1ccc2c(c1)CCCC2. The first-order chi connectivity index (χ1) is 11.6. The zero-order valence-corrected chi connectivity index (χ0v) is 14.3. The zero-order chi connectivity index (χ0) is 17.1. The van der Waals surface area contributed by atoms with Gasteiger partial charge in [0.05, 0.1) is 11.7 Å². The second kappa shape index (κ2) is 7.04. The van der Waals surface area contributed by atoms with E-state index in [2.05, 4.69) is 35.4 Å². The largest absolute Gasteiger partial charge is 0.348 e. The first kappa shape index (κ1) is 16.5. The van der Waals surface area contributed by atoms with Crippen LogP contribution < -0.4 is 5.32 Å². The topological polar surface area (TPSA) is 62.0 Å². The van der Waals surface area contributed by atoms with E-state index in [1.807, 2.05) is 0 Å². The lowest BCUT2D eigenvalue weighted by Crippen LogP contribution is -2.28. The monoisotopic (exact) mass is 324 g/mol. The smallest absolute Gasteiger partial charge is 0.268 e. The van der Waals surface area contributed by atoms with Crippen LogP contribution in [0.3, 0.4) is 0 Å². The van der Waals surface area contributed by atoms with Crippen molar-refractivity contribution < 1.29 is 9.59 Å². The molecule has 1 aliphatic carbocycles. The Labute approximate surface area is 142 Å². The summed E-state index contributed by atoms with van der Waals surface area (Å²) in [6, 6.07) is 9.88. The molecule has 1 amide bonds. The number of amides is 1. The Morgan fingerprint density at radius 2 is 1.79 bits per heavy atom. The Hall–Kier alpha value is -2.36. The van der Waals surface area contributed by atoms with Gasteiger partial charge in [0, 0.05) is 6.92 Å². The van der Waals surface area contributed by atoms with Gasteiger partial charge in [-0.05, 0) is 60.9 Å². The van der Waals surface area contributed by atoms with Gasteiger partial charge in [0.15, 0.2) is 5.78 Å². The molecule has 0 spiro atoms. The maximum atomic E-state index is 12.5. The molecule has 0 aliphatic heterocycles. The highest BCUT2D eigenvalue weighted by molar-refractivity contribution is 5.97. The van der Waals surface area contributed by atoms with Crippen LogP contribution in [-0.4, -0.2) is 16.7 Å². The third-order valence-corrected chi connectivity index (χ3v) is 4.80. The van der Waals surface area contributed by atoms with Gasteiger partial charge in [-0.15, -0.1) is 0 Å². The van der Waals surface area contributed by atoms with Crippen LogP contribution in [0.4, 0.5) is 0 Å². The van der Waals surface area contributed by atoms with Crippen molar-refractivity contribution in [3.05, 3.63) is 58.4 Å². The number of carbonyl (C=O) groups is 2. The lowest BCUT2D eigenvalue weighted by molar-refractivity contribution is 0.0931. The minimum Gasteiger partial charge on any atom is -0.348 e. The lowest BCUT2D eigenvalue weighted by atomic mass is 9.89. The molecular formula is C20H24N2O2. The molecule has 4 heteroatoms. The average Bonchev–Trinajstić information content (AvgIpc) is 3.09. The molecule has 0 bridgehead atoms. The third-order valence-electron chi connectivity index (χ3n) is 4.80. The summed E-state index contributed by atoms with van der Waals surface area (Å²) in [6.07, 6.45) is 5.63. The molecule has 24 heavy (non-hydrogen) atoms. The molecule has 2 aromatic rings. The molecule has 4 nitrogen and oxygen atoms in total. The van der Waals surface area contributed by atoms with E-state index >= 15 is 0 Å². The molecule has 1 unspecified atom stereocenters. The van der Waals surface area contributed by atoms with E-state index < -0.39 is 0 Å². The van der Waals surface area contributed by atoms with Gasteiger partial charge in [0.2, 0.25) is 0 Å². The van der Waals surface area contributed by atoms with E-state index in [1.54, 1.807) is 12.1 Å². The van der Waals surface area contributed by atoms with Crippen molar-refractivity contribution in [3.8, 4) is 0 Å². The minimum atomic E-state index is -0.174. The fourth-order valence-electron chi connectivity index (χ4n) is 3.36. The summed E-state index contributed by atoms with van der Waals surface area (Å²) in [6.45, 7) is 3.55. The van der Waals surface area contributed by atoms with Gasteiger partial charge in [0.25, 0.3) is 5.91 Å². The molecule has 0 fully saturated rings. The van der Waals surface area contributed by atoms with Gasteiger partial charge >= 0.3 is 0 Å². The Morgan fingerprint density at radius 1 is 1.08 bits per heavy atom. The molecule has 2 N–H and O–H groups in total. The number of ketones is 1. The molecule has 0 saturated heterocycles. The quantitative estimate of drug-likeness (QED) is 0.817. The van der Waals surface area contributed by atoms with Gasteiger partial charge < -0.3 is 10.3 Å². The van der Waals surface area contributed by atoms with E-state index in [0.29, 0.717) is 11.4 Å². The molecule has 126 valence electrons.